The van der Waals surface area contributed by atoms with Crippen LogP contribution in [0.3, 0.4) is 0 Å². The van der Waals surface area contributed by atoms with E-state index in [9.17, 15) is 14.4 Å². The summed E-state index contributed by atoms with van der Waals surface area (Å²) in [6, 6.07) is 6.36. The summed E-state index contributed by atoms with van der Waals surface area (Å²) in [6.07, 6.45) is 4.64. The smallest absolute Gasteiger partial charge is 0.263 e. The van der Waals surface area contributed by atoms with Crippen LogP contribution in [0.25, 0.3) is 10.2 Å². The first kappa shape index (κ1) is 22.3. The van der Waals surface area contributed by atoms with Gasteiger partial charge in [-0.25, -0.2) is 4.98 Å². The zero-order chi connectivity index (χ0) is 22.8. The Balaban J connectivity index is 1.56. The van der Waals surface area contributed by atoms with E-state index in [2.05, 4.69) is 18.8 Å². The number of allylic oxidation sites excluding steroid dienone is 1. The quantitative estimate of drug-likeness (QED) is 0.313. The molecule has 3 N–H and O–H groups in total. The molecule has 7 nitrogen and oxygen atoms in total. The number of thioether (sulfide) groups is 1. The van der Waals surface area contributed by atoms with E-state index in [0.717, 1.165) is 35.0 Å². The van der Waals surface area contributed by atoms with E-state index < -0.39 is 5.91 Å². The second-order valence-electron chi connectivity index (χ2n) is 7.91. The number of hydrogen-bond donors (Lipinski definition) is 2. The maximum atomic E-state index is 13.3. The number of anilines is 1. The third-order valence-electron chi connectivity index (χ3n) is 5.48. The van der Waals surface area contributed by atoms with Gasteiger partial charge in [-0.1, -0.05) is 24.8 Å². The minimum Gasteiger partial charge on any atom is -0.366 e. The average Bonchev–Trinajstić information content (AvgIpc) is 3.12. The number of rotatable bonds is 7. The zero-order valence-corrected chi connectivity index (χ0v) is 19.4. The molecule has 3 aromatic rings. The van der Waals surface area contributed by atoms with Crippen LogP contribution in [0.1, 0.15) is 34.1 Å². The topological polar surface area (TPSA) is 107 Å². The molecule has 0 radical (unpaired) electrons. The van der Waals surface area contributed by atoms with Crippen molar-refractivity contribution in [3.05, 3.63) is 63.3 Å². The summed E-state index contributed by atoms with van der Waals surface area (Å²) < 4.78 is 1.60. The Bertz CT molecular complexity index is 1260. The van der Waals surface area contributed by atoms with Crippen molar-refractivity contribution in [3.63, 3.8) is 0 Å². The summed E-state index contributed by atoms with van der Waals surface area (Å²) >= 11 is 2.82. The number of thiophene rings is 1. The Kier molecular flexibility index (Phi) is 6.48. The number of nitrogens with one attached hydrogen (secondary N) is 1. The third kappa shape index (κ3) is 4.49. The van der Waals surface area contributed by atoms with Crippen LogP contribution in [0.4, 0.5) is 5.69 Å². The van der Waals surface area contributed by atoms with E-state index in [-0.39, 0.29) is 17.2 Å². The van der Waals surface area contributed by atoms with E-state index in [1.54, 1.807) is 46.2 Å². The van der Waals surface area contributed by atoms with Crippen LogP contribution < -0.4 is 16.6 Å². The average molecular weight is 469 g/mol. The maximum Gasteiger partial charge on any atom is 0.263 e. The molecule has 1 aliphatic rings. The number of primary amides is 1. The standard InChI is InChI=1S/C23H24N4O3S2/c1-3-10-27-22(30)19-16-9-4-13(2)11-17(16)32-21(19)26-23(27)31-12-18(28)25-15-7-5-14(6-8-15)20(24)29/h3,5-8,13H,1,4,9-12H2,2H3,(H2,24,29)(H,25,28)/t13-/m1/s1. The van der Waals surface area contributed by atoms with Crippen molar-refractivity contribution in [3.8, 4) is 0 Å². The lowest BCUT2D eigenvalue weighted by Crippen LogP contribution is -2.24. The molecule has 0 saturated heterocycles. The van der Waals surface area contributed by atoms with Crippen molar-refractivity contribution < 1.29 is 9.59 Å². The number of amides is 2. The van der Waals surface area contributed by atoms with Gasteiger partial charge in [0.25, 0.3) is 5.56 Å². The molecular formula is C23H24N4O3S2. The number of carbonyl (C=O) groups excluding carboxylic acids is 2. The molecule has 2 heterocycles. The summed E-state index contributed by atoms with van der Waals surface area (Å²) in [6.45, 7) is 6.34. The second kappa shape index (κ2) is 9.30. The van der Waals surface area contributed by atoms with Crippen LogP contribution in [0.5, 0.6) is 0 Å². The molecule has 166 valence electrons. The second-order valence-corrected chi connectivity index (χ2v) is 9.94. The molecule has 4 rings (SSSR count). The Labute approximate surface area is 193 Å². The molecular weight excluding hydrogens is 444 g/mol. The zero-order valence-electron chi connectivity index (χ0n) is 17.7. The maximum absolute atomic E-state index is 13.3. The minimum atomic E-state index is -0.523. The fraction of sp³-hybridized carbons (Fsp3) is 0.304. The number of aryl methyl sites for hydroxylation is 1. The third-order valence-corrected chi connectivity index (χ3v) is 7.60. The van der Waals surface area contributed by atoms with Gasteiger partial charge >= 0.3 is 0 Å². The van der Waals surface area contributed by atoms with E-state index in [1.807, 2.05) is 0 Å². The van der Waals surface area contributed by atoms with Crippen LogP contribution in [0, 0.1) is 5.92 Å². The van der Waals surface area contributed by atoms with Gasteiger partial charge in [-0.2, -0.15) is 0 Å². The summed E-state index contributed by atoms with van der Waals surface area (Å²) in [7, 11) is 0. The molecule has 2 aromatic heterocycles. The number of nitrogens with zero attached hydrogens (tertiary/aromatic N) is 2. The number of carbonyl (C=O) groups is 2. The van der Waals surface area contributed by atoms with E-state index in [4.69, 9.17) is 10.7 Å². The molecule has 9 heteroatoms. The van der Waals surface area contributed by atoms with Gasteiger partial charge < -0.3 is 11.1 Å². The Morgan fingerprint density at radius 2 is 2.12 bits per heavy atom. The highest BCUT2D eigenvalue weighted by Crippen LogP contribution is 2.36. The predicted molar refractivity (Wildman–Crippen MR) is 130 cm³/mol. The van der Waals surface area contributed by atoms with Crippen molar-refractivity contribution in [2.45, 2.75) is 37.9 Å². The number of benzene rings is 1. The van der Waals surface area contributed by atoms with Crippen LogP contribution in [0.15, 0.2) is 46.9 Å². The number of fused-ring (bicyclic) bond motifs is 3. The van der Waals surface area contributed by atoms with E-state index in [1.165, 1.54) is 16.6 Å². The van der Waals surface area contributed by atoms with Gasteiger partial charge in [0.1, 0.15) is 4.83 Å². The first-order valence-corrected chi connectivity index (χ1v) is 12.2. The van der Waals surface area contributed by atoms with E-state index in [0.29, 0.717) is 28.9 Å². The molecule has 0 bridgehead atoms. The highest BCUT2D eigenvalue weighted by Gasteiger charge is 2.24. The lowest BCUT2D eigenvalue weighted by Gasteiger charge is -2.17. The van der Waals surface area contributed by atoms with Crippen LogP contribution in [-0.4, -0.2) is 27.1 Å². The molecule has 1 atom stereocenters. The first-order chi connectivity index (χ1) is 15.4. The molecule has 32 heavy (non-hydrogen) atoms. The molecule has 0 spiro atoms. The molecule has 1 aromatic carbocycles. The van der Waals surface area contributed by atoms with Gasteiger partial charge in [0, 0.05) is 22.7 Å². The van der Waals surface area contributed by atoms with Gasteiger partial charge in [-0.15, -0.1) is 17.9 Å². The van der Waals surface area contributed by atoms with Crippen molar-refractivity contribution in [2.24, 2.45) is 11.7 Å². The summed E-state index contributed by atoms with van der Waals surface area (Å²) in [5.41, 5.74) is 7.25. The first-order valence-electron chi connectivity index (χ1n) is 10.4. The monoisotopic (exact) mass is 468 g/mol. The molecule has 2 amide bonds. The minimum absolute atomic E-state index is 0.0631. The Morgan fingerprint density at radius 1 is 1.38 bits per heavy atom. The summed E-state index contributed by atoms with van der Waals surface area (Å²) in [4.78, 5) is 43.7. The lowest BCUT2D eigenvalue weighted by molar-refractivity contribution is -0.113. The molecule has 1 aliphatic carbocycles. The van der Waals surface area contributed by atoms with Crippen molar-refractivity contribution in [2.75, 3.05) is 11.1 Å². The Morgan fingerprint density at radius 3 is 2.81 bits per heavy atom. The van der Waals surface area contributed by atoms with Gasteiger partial charge in [-0.05, 0) is 55.0 Å². The number of hydrogen-bond acceptors (Lipinski definition) is 6. The fourth-order valence-electron chi connectivity index (χ4n) is 3.85. The molecule has 0 aliphatic heterocycles. The van der Waals surface area contributed by atoms with Gasteiger partial charge in [-0.3, -0.25) is 19.0 Å². The number of aromatic nitrogens is 2. The predicted octanol–water partition coefficient (Wildman–Crippen LogP) is 3.60. The van der Waals surface area contributed by atoms with Crippen LogP contribution >= 0.6 is 23.1 Å². The summed E-state index contributed by atoms with van der Waals surface area (Å²) in [5, 5.41) is 4.01. The largest absolute Gasteiger partial charge is 0.366 e. The molecule has 0 unspecified atom stereocenters. The lowest BCUT2D eigenvalue weighted by atomic mass is 9.89. The van der Waals surface area contributed by atoms with Crippen LogP contribution in [0.2, 0.25) is 0 Å². The molecule has 0 fully saturated rings. The highest BCUT2D eigenvalue weighted by atomic mass is 32.2. The van der Waals surface area contributed by atoms with Gasteiger partial charge in [0.05, 0.1) is 11.1 Å². The Hall–Kier alpha value is -2.91. The van der Waals surface area contributed by atoms with Crippen molar-refractivity contribution in [1.29, 1.82) is 0 Å². The van der Waals surface area contributed by atoms with Crippen molar-refractivity contribution in [1.82, 2.24) is 9.55 Å². The molecule has 0 saturated carbocycles. The van der Waals surface area contributed by atoms with E-state index >= 15 is 0 Å². The highest BCUT2D eigenvalue weighted by molar-refractivity contribution is 7.99. The van der Waals surface area contributed by atoms with Gasteiger partial charge in [0.15, 0.2) is 5.16 Å². The van der Waals surface area contributed by atoms with Gasteiger partial charge in [0.2, 0.25) is 11.8 Å². The van der Waals surface area contributed by atoms with Crippen molar-refractivity contribution >= 4 is 50.8 Å². The number of nitrogens with two attached hydrogens (primary N) is 1. The normalized spacial score (nSPS) is 15.3. The summed E-state index contributed by atoms with van der Waals surface area (Å²) in [5.74, 6) is -0.0552. The van der Waals surface area contributed by atoms with Crippen LogP contribution in [-0.2, 0) is 24.2 Å². The SMILES string of the molecule is C=CCn1c(SCC(=O)Nc2ccc(C(N)=O)cc2)nc2sc3c(c2c1=O)CC[C@@H](C)C3. The fourth-order valence-corrected chi connectivity index (χ4v) is 6.08.